The van der Waals surface area contributed by atoms with Gasteiger partial charge in [0.1, 0.15) is 17.1 Å². The van der Waals surface area contributed by atoms with Crippen LogP contribution in [0.5, 0.6) is 0 Å². The molecule has 1 atom stereocenters. The minimum Gasteiger partial charge on any atom is -0.461 e. The molecule has 0 saturated carbocycles. The SMILES string of the molecule is CNC(C)Cc1c2cc(C)oc2c(Cl)c2cc(C)oc12. The number of rotatable bonds is 3. The molecule has 3 rings (SSSR count). The van der Waals surface area contributed by atoms with Crippen molar-refractivity contribution < 1.29 is 8.83 Å². The van der Waals surface area contributed by atoms with Gasteiger partial charge in [-0.2, -0.15) is 0 Å². The summed E-state index contributed by atoms with van der Waals surface area (Å²) in [5, 5.41) is 5.89. The van der Waals surface area contributed by atoms with Crippen molar-refractivity contribution in [3.63, 3.8) is 0 Å². The van der Waals surface area contributed by atoms with E-state index >= 15 is 0 Å². The van der Waals surface area contributed by atoms with Crippen molar-refractivity contribution in [2.45, 2.75) is 33.2 Å². The Hall–Kier alpha value is -1.45. The topological polar surface area (TPSA) is 38.3 Å². The summed E-state index contributed by atoms with van der Waals surface area (Å²) in [7, 11) is 1.96. The lowest BCUT2D eigenvalue weighted by Crippen LogP contribution is -2.23. The molecule has 2 heterocycles. The molecule has 1 unspecified atom stereocenters. The van der Waals surface area contributed by atoms with Crippen LogP contribution in [0.2, 0.25) is 5.02 Å². The van der Waals surface area contributed by atoms with Crippen molar-refractivity contribution in [3.05, 3.63) is 34.2 Å². The van der Waals surface area contributed by atoms with E-state index in [4.69, 9.17) is 20.4 Å². The van der Waals surface area contributed by atoms with Crippen LogP contribution in [0.4, 0.5) is 0 Å². The number of fused-ring (bicyclic) bond motifs is 2. The van der Waals surface area contributed by atoms with Crippen LogP contribution in [-0.2, 0) is 6.42 Å². The maximum absolute atomic E-state index is 6.47. The normalized spacial score (nSPS) is 13.4. The molecule has 0 bridgehead atoms. The Morgan fingerprint density at radius 1 is 1.10 bits per heavy atom. The molecule has 0 spiro atoms. The number of halogens is 1. The van der Waals surface area contributed by atoms with Gasteiger partial charge in [0.2, 0.25) is 0 Å². The fourth-order valence-corrected chi connectivity index (χ4v) is 2.94. The first-order valence-corrected chi connectivity index (χ1v) is 7.17. The van der Waals surface area contributed by atoms with Gasteiger partial charge in [-0.15, -0.1) is 0 Å². The van der Waals surface area contributed by atoms with E-state index in [0.29, 0.717) is 11.1 Å². The van der Waals surface area contributed by atoms with Crippen LogP contribution in [0.1, 0.15) is 24.0 Å². The molecule has 3 aromatic rings. The molecule has 3 nitrogen and oxygen atoms in total. The number of nitrogens with one attached hydrogen (secondary N) is 1. The van der Waals surface area contributed by atoms with Gasteiger partial charge in [0.15, 0.2) is 5.58 Å². The molecule has 0 aliphatic carbocycles. The number of benzene rings is 1. The zero-order valence-corrected chi connectivity index (χ0v) is 12.9. The fourth-order valence-electron chi connectivity index (χ4n) is 2.66. The predicted molar refractivity (Wildman–Crippen MR) is 82.7 cm³/mol. The average Bonchev–Trinajstić information content (AvgIpc) is 2.97. The van der Waals surface area contributed by atoms with E-state index in [0.717, 1.165) is 45.4 Å². The van der Waals surface area contributed by atoms with Gasteiger partial charge in [-0.1, -0.05) is 11.6 Å². The Morgan fingerprint density at radius 3 is 2.35 bits per heavy atom. The van der Waals surface area contributed by atoms with Crippen LogP contribution in [0.25, 0.3) is 21.9 Å². The molecular weight excluding hydrogens is 274 g/mol. The van der Waals surface area contributed by atoms with Crippen LogP contribution >= 0.6 is 11.6 Å². The number of furan rings is 2. The molecule has 0 fully saturated rings. The monoisotopic (exact) mass is 291 g/mol. The molecular formula is C16H18ClNO2. The minimum absolute atomic E-state index is 0.350. The summed E-state index contributed by atoms with van der Waals surface area (Å²) < 4.78 is 11.7. The summed E-state index contributed by atoms with van der Waals surface area (Å²) in [4.78, 5) is 0. The van der Waals surface area contributed by atoms with Gasteiger partial charge in [0.05, 0.1) is 5.02 Å². The second kappa shape index (κ2) is 4.83. The standard InChI is InChI=1S/C16H18ClNO2/c1-8(18-4)5-11-12-6-9(2)20-16(12)14(17)13-7-10(3)19-15(11)13/h6-8,18H,5H2,1-4H3. The minimum atomic E-state index is 0.350. The molecule has 4 heteroatoms. The molecule has 1 N–H and O–H groups in total. The Morgan fingerprint density at radius 2 is 1.70 bits per heavy atom. The summed E-state index contributed by atoms with van der Waals surface area (Å²) in [5.41, 5.74) is 2.80. The Labute approximate surface area is 122 Å². The first-order valence-electron chi connectivity index (χ1n) is 6.79. The molecule has 0 radical (unpaired) electrons. The van der Waals surface area contributed by atoms with Crippen molar-refractivity contribution >= 4 is 33.5 Å². The maximum Gasteiger partial charge on any atom is 0.154 e. The largest absolute Gasteiger partial charge is 0.461 e. The summed E-state index contributed by atoms with van der Waals surface area (Å²) in [5.74, 6) is 1.73. The lowest BCUT2D eigenvalue weighted by Gasteiger charge is -2.12. The van der Waals surface area contributed by atoms with Gasteiger partial charge in [-0.25, -0.2) is 0 Å². The third-order valence-corrected chi connectivity index (χ3v) is 4.12. The molecule has 2 aromatic heterocycles. The Balaban J connectivity index is 2.38. The van der Waals surface area contributed by atoms with E-state index in [-0.39, 0.29) is 0 Å². The highest BCUT2D eigenvalue weighted by atomic mass is 35.5. The average molecular weight is 292 g/mol. The number of hydrogen-bond donors (Lipinski definition) is 1. The van der Waals surface area contributed by atoms with Crippen molar-refractivity contribution in [3.8, 4) is 0 Å². The van der Waals surface area contributed by atoms with Gasteiger partial charge in [-0.05, 0) is 46.4 Å². The van der Waals surface area contributed by atoms with Gasteiger partial charge in [0.25, 0.3) is 0 Å². The highest BCUT2D eigenvalue weighted by molar-refractivity contribution is 6.40. The molecule has 1 aromatic carbocycles. The second-order valence-electron chi connectivity index (χ2n) is 5.39. The third-order valence-electron chi connectivity index (χ3n) is 3.75. The van der Waals surface area contributed by atoms with Crippen molar-refractivity contribution in [2.24, 2.45) is 0 Å². The van der Waals surface area contributed by atoms with E-state index < -0.39 is 0 Å². The summed E-state index contributed by atoms with van der Waals surface area (Å²) in [6, 6.07) is 4.36. The van der Waals surface area contributed by atoms with Crippen LogP contribution in [0.15, 0.2) is 21.0 Å². The van der Waals surface area contributed by atoms with E-state index in [2.05, 4.69) is 12.2 Å². The summed E-state index contributed by atoms with van der Waals surface area (Å²) in [6.07, 6.45) is 0.868. The lowest BCUT2D eigenvalue weighted by molar-refractivity contribution is 0.562. The van der Waals surface area contributed by atoms with Crippen molar-refractivity contribution in [2.75, 3.05) is 7.05 Å². The molecule has 0 aliphatic heterocycles. The highest BCUT2D eigenvalue weighted by Gasteiger charge is 2.20. The highest BCUT2D eigenvalue weighted by Crippen LogP contribution is 2.39. The second-order valence-corrected chi connectivity index (χ2v) is 5.76. The van der Waals surface area contributed by atoms with Crippen LogP contribution < -0.4 is 5.32 Å². The smallest absolute Gasteiger partial charge is 0.154 e. The van der Waals surface area contributed by atoms with Crippen LogP contribution in [0.3, 0.4) is 0 Å². The van der Waals surface area contributed by atoms with Gasteiger partial charge >= 0.3 is 0 Å². The lowest BCUT2D eigenvalue weighted by atomic mass is 10.0. The first-order chi connectivity index (χ1) is 9.51. The quantitative estimate of drug-likeness (QED) is 0.766. The molecule has 20 heavy (non-hydrogen) atoms. The zero-order chi connectivity index (χ0) is 14.4. The van der Waals surface area contributed by atoms with Crippen molar-refractivity contribution in [1.29, 1.82) is 0 Å². The van der Waals surface area contributed by atoms with E-state index in [1.54, 1.807) is 0 Å². The van der Waals surface area contributed by atoms with E-state index in [1.165, 1.54) is 0 Å². The first kappa shape index (κ1) is 13.5. The van der Waals surface area contributed by atoms with Crippen LogP contribution in [-0.4, -0.2) is 13.1 Å². The Kier molecular flexibility index (Phi) is 3.27. The molecule has 0 saturated heterocycles. The fraction of sp³-hybridized carbons (Fsp3) is 0.375. The van der Waals surface area contributed by atoms with Crippen molar-refractivity contribution in [1.82, 2.24) is 5.32 Å². The number of aryl methyl sites for hydroxylation is 2. The third kappa shape index (κ3) is 2.02. The van der Waals surface area contributed by atoms with Crippen LogP contribution in [0, 0.1) is 13.8 Å². The predicted octanol–water partition coefficient (Wildman–Crippen LogP) is 4.60. The Bertz CT molecular complexity index is 727. The van der Waals surface area contributed by atoms with Gasteiger partial charge < -0.3 is 14.2 Å². The summed E-state index contributed by atoms with van der Waals surface area (Å²) in [6.45, 7) is 6.03. The molecule has 0 amide bonds. The molecule has 0 aliphatic rings. The number of hydrogen-bond acceptors (Lipinski definition) is 3. The van der Waals surface area contributed by atoms with Gasteiger partial charge in [-0.3, -0.25) is 0 Å². The number of likely N-dealkylation sites (N-methyl/N-ethyl adjacent to an activating group) is 1. The molecule has 106 valence electrons. The zero-order valence-electron chi connectivity index (χ0n) is 12.1. The van der Waals surface area contributed by atoms with E-state index in [1.807, 2.05) is 33.0 Å². The van der Waals surface area contributed by atoms with Gasteiger partial charge in [0, 0.05) is 22.4 Å². The van der Waals surface area contributed by atoms with E-state index in [9.17, 15) is 0 Å². The summed E-state index contributed by atoms with van der Waals surface area (Å²) >= 11 is 6.47. The maximum atomic E-state index is 6.47.